The number of hydrogen-bond donors (Lipinski definition) is 0. The van der Waals surface area contributed by atoms with Crippen LogP contribution in [0.15, 0.2) is 0 Å². The van der Waals surface area contributed by atoms with Crippen LogP contribution in [0.25, 0.3) is 0 Å². The molecule has 1 saturated carbocycles. The van der Waals surface area contributed by atoms with Gasteiger partial charge < -0.3 is 14.5 Å². The van der Waals surface area contributed by atoms with E-state index >= 15 is 0 Å². The molecule has 0 unspecified atom stereocenters. The minimum Gasteiger partial charge on any atom is -0.378 e. The van der Waals surface area contributed by atoms with Gasteiger partial charge >= 0.3 is 0 Å². The summed E-state index contributed by atoms with van der Waals surface area (Å²) in [5.41, 5.74) is 0. The first kappa shape index (κ1) is 19.9. The van der Waals surface area contributed by atoms with Crippen LogP contribution in [0, 0.1) is 11.8 Å². The van der Waals surface area contributed by atoms with Gasteiger partial charge in [-0.05, 0) is 32.6 Å². The number of halogens is 1. The molecule has 6 atom stereocenters. The average molecular weight is 385 g/mol. The van der Waals surface area contributed by atoms with Crippen LogP contribution >= 0.6 is 11.6 Å². The Labute approximate surface area is 162 Å². The van der Waals surface area contributed by atoms with Gasteiger partial charge in [-0.25, -0.2) is 0 Å². The minimum absolute atomic E-state index is 0.135. The molecular weight excluding hydrogens is 352 g/mol. The van der Waals surface area contributed by atoms with Crippen LogP contribution in [0.2, 0.25) is 0 Å². The molecule has 2 amide bonds. The largest absolute Gasteiger partial charge is 0.378 e. The zero-order chi connectivity index (χ0) is 18.8. The number of nitrogens with zero attached hydrogens (tertiary/aromatic N) is 2. The van der Waals surface area contributed by atoms with E-state index in [1.807, 2.05) is 16.7 Å². The lowest BCUT2D eigenvalue weighted by molar-refractivity contribution is -0.180. The van der Waals surface area contributed by atoms with Gasteiger partial charge in [0, 0.05) is 19.7 Å². The molecule has 4 heterocycles. The summed E-state index contributed by atoms with van der Waals surface area (Å²) in [6, 6.07) is -0.371. The Hall–Kier alpha value is -0.810. The van der Waals surface area contributed by atoms with Crippen molar-refractivity contribution in [2.24, 2.45) is 11.8 Å². The topological polar surface area (TPSA) is 49.9 Å². The molecule has 0 aromatic heterocycles. The van der Waals surface area contributed by atoms with Crippen LogP contribution in [0.5, 0.6) is 0 Å². The monoisotopic (exact) mass is 384 g/mol. The molecule has 0 spiro atoms. The normalized spacial score (nSPS) is 36.6. The summed E-state index contributed by atoms with van der Waals surface area (Å²) in [6.45, 7) is 8.20. The summed E-state index contributed by atoms with van der Waals surface area (Å²) >= 11 is 6.99. The fraction of sp³-hybridized carbons (Fsp3) is 0.900. The number of unbranched alkanes of at least 4 members (excludes halogenated alkanes) is 2. The number of alkyl halides is 1. The summed E-state index contributed by atoms with van der Waals surface area (Å²) < 4.78 is 6.01. The second kappa shape index (κ2) is 8.47. The Bertz CT molecular complexity index is 523. The van der Waals surface area contributed by atoms with E-state index in [0.717, 1.165) is 38.5 Å². The minimum atomic E-state index is -0.326. The number of rotatable bonds is 8. The molecule has 1 aliphatic carbocycles. The maximum absolute atomic E-state index is 13.5. The van der Waals surface area contributed by atoms with Gasteiger partial charge in [0.2, 0.25) is 11.8 Å². The summed E-state index contributed by atoms with van der Waals surface area (Å²) in [5.74, 6) is -0.148. The highest BCUT2D eigenvalue weighted by molar-refractivity contribution is 6.23. The quantitative estimate of drug-likeness (QED) is 0.604. The Kier molecular flexibility index (Phi) is 6.50. The van der Waals surface area contributed by atoms with Gasteiger partial charge in [-0.15, -0.1) is 11.6 Å². The third-order valence-corrected chi connectivity index (χ3v) is 6.89. The molecule has 0 radical (unpaired) electrons. The van der Waals surface area contributed by atoms with E-state index in [1.54, 1.807) is 0 Å². The van der Waals surface area contributed by atoms with Crippen LogP contribution in [-0.2, 0) is 14.3 Å². The van der Waals surface area contributed by atoms with Crippen LogP contribution in [-0.4, -0.2) is 64.9 Å². The number of carbonyl (C=O) groups excluding carboxylic acids is 2. The zero-order valence-corrected chi connectivity index (χ0v) is 17.1. The zero-order valence-electron chi connectivity index (χ0n) is 16.3. The molecule has 0 N–H and O–H groups in total. The lowest BCUT2D eigenvalue weighted by atomic mass is 9.68. The first-order valence-corrected chi connectivity index (χ1v) is 10.9. The molecular formula is C20H33ClN2O3. The second-order valence-corrected chi connectivity index (χ2v) is 8.40. The lowest BCUT2D eigenvalue weighted by Gasteiger charge is -2.59. The van der Waals surface area contributed by atoms with E-state index in [0.29, 0.717) is 19.7 Å². The molecule has 5 fully saturated rings. The molecule has 5 nitrogen and oxygen atoms in total. The Morgan fingerprint density at radius 2 is 1.58 bits per heavy atom. The summed E-state index contributed by atoms with van der Waals surface area (Å²) in [4.78, 5) is 30.6. The van der Waals surface area contributed by atoms with Crippen molar-refractivity contribution in [3.8, 4) is 0 Å². The van der Waals surface area contributed by atoms with Crippen molar-refractivity contribution in [3.05, 3.63) is 0 Å². The van der Waals surface area contributed by atoms with E-state index in [2.05, 4.69) is 13.8 Å². The lowest BCUT2D eigenvalue weighted by Crippen LogP contribution is -2.76. The first-order valence-electron chi connectivity index (χ1n) is 10.4. The van der Waals surface area contributed by atoms with Crippen molar-refractivity contribution in [1.29, 1.82) is 0 Å². The van der Waals surface area contributed by atoms with Crippen LogP contribution < -0.4 is 0 Å². The average Bonchev–Trinajstić information content (AvgIpc) is 2.61. The van der Waals surface area contributed by atoms with Crippen LogP contribution in [0.3, 0.4) is 0 Å². The Balaban J connectivity index is 2.00. The number of fused-ring (bicyclic) bond motifs is 2. The number of hydrogen-bond acceptors (Lipinski definition) is 3. The molecule has 0 aromatic carbocycles. The standard InChI is InChI=1S/C20H33ClN2O3/c1-4-7-11-22-17-13-9-10-14(26-6-3)15(20(22)25)18(16(17)21)23(19(13)24)12-8-5-2/h13-18H,4-12H2,1-3H3/t13-,14-,15-,16+,17+,18+/m1/s1. The first-order chi connectivity index (χ1) is 12.6. The molecule has 4 saturated heterocycles. The van der Waals surface area contributed by atoms with Crippen molar-refractivity contribution in [3.63, 3.8) is 0 Å². The summed E-state index contributed by atoms with van der Waals surface area (Å²) in [6.07, 6.45) is 5.34. The van der Waals surface area contributed by atoms with Gasteiger partial charge in [-0.2, -0.15) is 0 Å². The SMILES string of the molecule is CCCCN1C(=O)[C@@H]2CC[C@@H](OCC)[C@H]3C(=O)N(CCCC)[C@@H]2[C@H](Cl)[C@H]31. The molecule has 0 aromatic rings. The Morgan fingerprint density at radius 3 is 2.15 bits per heavy atom. The highest BCUT2D eigenvalue weighted by Gasteiger charge is 2.62. The summed E-state index contributed by atoms with van der Waals surface area (Å²) in [5, 5.41) is -0.197. The highest BCUT2D eigenvalue weighted by Crippen LogP contribution is 2.47. The van der Waals surface area contributed by atoms with Crippen molar-refractivity contribution in [1.82, 2.24) is 9.80 Å². The maximum atomic E-state index is 13.5. The molecule has 4 aliphatic heterocycles. The van der Waals surface area contributed by atoms with E-state index in [4.69, 9.17) is 16.3 Å². The van der Waals surface area contributed by atoms with Crippen LogP contribution in [0.4, 0.5) is 0 Å². The molecule has 148 valence electrons. The van der Waals surface area contributed by atoms with E-state index in [9.17, 15) is 9.59 Å². The maximum Gasteiger partial charge on any atom is 0.230 e. The molecule has 4 bridgehead atoms. The predicted molar refractivity (Wildman–Crippen MR) is 102 cm³/mol. The highest BCUT2D eigenvalue weighted by atomic mass is 35.5. The van der Waals surface area contributed by atoms with Crippen LogP contribution in [0.1, 0.15) is 59.3 Å². The molecule has 6 heteroatoms. The molecule has 26 heavy (non-hydrogen) atoms. The fourth-order valence-electron chi connectivity index (χ4n) is 5.14. The van der Waals surface area contributed by atoms with Gasteiger partial charge in [0.25, 0.3) is 0 Å². The third-order valence-electron chi connectivity index (χ3n) is 6.37. The van der Waals surface area contributed by atoms with Gasteiger partial charge in [-0.1, -0.05) is 26.7 Å². The van der Waals surface area contributed by atoms with Gasteiger partial charge in [0.1, 0.15) is 0 Å². The van der Waals surface area contributed by atoms with E-state index in [-0.39, 0.29) is 47.2 Å². The third kappa shape index (κ3) is 3.26. The summed E-state index contributed by atoms with van der Waals surface area (Å²) in [7, 11) is 0. The van der Waals surface area contributed by atoms with Crippen molar-refractivity contribution >= 4 is 23.4 Å². The van der Waals surface area contributed by atoms with Gasteiger partial charge in [0.15, 0.2) is 0 Å². The number of amides is 2. The van der Waals surface area contributed by atoms with E-state index in [1.165, 1.54) is 0 Å². The number of piperidine rings is 2. The van der Waals surface area contributed by atoms with Crippen molar-refractivity contribution in [2.45, 2.75) is 82.9 Å². The number of carbonyl (C=O) groups is 2. The molecule has 5 rings (SSSR count). The smallest absolute Gasteiger partial charge is 0.230 e. The Morgan fingerprint density at radius 1 is 0.962 bits per heavy atom. The number of ether oxygens (including phenoxy) is 1. The predicted octanol–water partition coefficient (Wildman–Crippen LogP) is 3.05. The fourth-order valence-corrected chi connectivity index (χ4v) is 5.74. The van der Waals surface area contributed by atoms with E-state index < -0.39 is 0 Å². The van der Waals surface area contributed by atoms with Gasteiger partial charge in [0.05, 0.1) is 35.4 Å². The van der Waals surface area contributed by atoms with Crippen molar-refractivity contribution < 1.29 is 14.3 Å². The second-order valence-electron chi connectivity index (χ2n) is 7.90. The van der Waals surface area contributed by atoms with Crippen molar-refractivity contribution in [2.75, 3.05) is 19.7 Å². The van der Waals surface area contributed by atoms with Gasteiger partial charge in [-0.3, -0.25) is 9.59 Å². The molecule has 5 aliphatic rings.